The Hall–Kier alpha value is -3.41. The number of thiazole rings is 1. The molecular formula is C26H19ClN2O2S. The molecule has 0 unspecified atom stereocenters. The number of benzene rings is 3. The Bertz CT molecular complexity index is 1490. The Morgan fingerprint density at radius 2 is 1.81 bits per heavy atom. The largest absolute Gasteiger partial charge is 0.493 e. The Labute approximate surface area is 194 Å². The van der Waals surface area contributed by atoms with Crippen molar-refractivity contribution in [2.24, 2.45) is 4.99 Å². The Kier molecular flexibility index (Phi) is 5.52. The summed E-state index contributed by atoms with van der Waals surface area (Å²) in [5, 5.41) is 4.33. The molecule has 6 heteroatoms. The summed E-state index contributed by atoms with van der Waals surface area (Å²) in [6.45, 7) is 2.07. The molecule has 0 saturated carbocycles. The number of halogens is 1. The Morgan fingerprint density at radius 3 is 2.59 bits per heavy atom. The molecule has 0 atom stereocenters. The molecule has 0 bridgehead atoms. The van der Waals surface area contributed by atoms with Crippen molar-refractivity contribution >= 4 is 39.6 Å². The van der Waals surface area contributed by atoms with Gasteiger partial charge in [-0.1, -0.05) is 65.7 Å². The highest BCUT2D eigenvalue weighted by atomic mass is 35.5. The van der Waals surface area contributed by atoms with Crippen molar-refractivity contribution < 1.29 is 9.15 Å². The van der Waals surface area contributed by atoms with E-state index >= 15 is 0 Å². The van der Waals surface area contributed by atoms with Crippen LogP contribution >= 0.6 is 22.9 Å². The van der Waals surface area contributed by atoms with E-state index in [4.69, 9.17) is 30.7 Å². The van der Waals surface area contributed by atoms with E-state index in [2.05, 4.69) is 36.6 Å². The molecule has 0 spiro atoms. The lowest BCUT2D eigenvalue weighted by Gasteiger charge is -2.07. The van der Waals surface area contributed by atoms with Crippen molar-refractivity contribution in [2.75, 3.05) is 7.11 Å². The standard InChI is InChI=1S/C26H19ClN2O2S/c1-16-10-12-17(13-11-16)22-15-32-26(29-22)19-14-18-6-5-9-23(30-2)24(18)31-25(19)28-21-8-4-3-7-20(21)27/h3-15H,1-2H3. The molecule has 3 aromatic carbocycles. The van der Waals surface area contributed by atoms with Crippen molar-refractivity contribution in [3.8, 4) is 27.6 Å². The molecule has 0 fully saturated rings. The maximum Gasteiger partial charge on any atom is 0.230 e. The molecule has 0 amide bonds. The van der Waals surface area contributed by atoms with Crippen molar-refractivity contribution in [1.29, 1.82) is 0 Å². The van der Waals surface area contributed by atoms with Crippen LogP contribution in [0.5, 0.6) is 5.75 Å². The zero-order valence-electron chi connectivity index (χ0n) is 17.5. The first-order valence-electron chi connectivity index (χ1n) is 10.1. The summed E-state index contributed by atoms with van der Waals surface area (Å²) in [5.41, 5.74) is 5.69. The zero-order chi connectivity index (χ0) is 22.1. The summed E-state index contributed by atoms with van der Waals surface area (Å²) < 4.78 is 11.8. The van der Waals surface area contributed by atoms with E-state index in [1.54, 1.807) is 24.5 Å². The van der Waals surface area contributed by atoms with Gasteiger partial charge in [-0.05, 0) is 31.2 Å². The van der Waals surface area contributed by atoms with E-state index in [-0.39, 0.29) is 0 Å². The van der Waals surface area contributed by atoms with Crippen LogP contribution in [0.2, 0.25) is 5.02 Å². The zero-order valence-corrected chi connectivity index (χ0v) is 19.1. The number of methoxy groups -OCH3 is 1. The van der Waals surface area contributed by atoms with E-state index in [9.17, 15) is 0 Å². The van der Waals surface area contributed by atoms with Crippen molar-refractivity contribution in [1.82, 2.24) is 4.98 Å². The molecule has 5 rings (SSSR count). The molecule has 0 saturated heterocycles. The highest BCUT2D eigenvalue weighted by molar-refractivity contribution is 7.13. The number of fused-ring (bicyclic) bond motifs is 1. The van der Waals surface area contributed by atoms with Gasteiger partial charge in [0, 0.05) is 16.3 Å². The van der Waals surface area contributed by atoms with Gasteiger partial charge in [0.25, 0.3) is 0 Å². The van der Waals surface area contributed by atoms with Gasteiger partial charge >= 0.3 is 0 Å². The minimum atomic E-state index is 0.430. The number of rotatable bonds is 4. The highest BCUT2D eigenvalue weighted by Crippen LogP contribution is 2.32. The first kappa shape index (κ1) is 20.5. The number of hydrogen-bond acceptors (Lipinski definition) is 5. The second kappa shape index (κ2) is 8.61. The van der Waals surface area contributed by atoms with Crippen LogP contribution in [0.3, 0.4) is 0 Å². The summed E-state index contributed by atoms with van der Waals surface area (Å²) in [4.78, 5) is 9.64. The normalized spacial score (nSPS) is 11.8. The van der Waals surface area contributed by atoms with Gasteiger partial charge in [0.15, 0.2) is 11.3 Å². The maximum atomic E-state index is 6.37. The fraction of sp³-hybridized carbons (Fsp3) is 0.0769. The number of para-hydroxylation sites is 2. The third-order valence-corrected chi connectivity index (χ3v) is 6.31. The molecule has 0 aliphatic carbocycles. The molecule has 5 aromatic rings. The van der Waals surface area contributed by atoms with Crippen LogP contribution in [-0.2, 0) is 0 Å². The van der Waals surface area contributed by atoms with E-state index in [1.165, 1.54) is 5.56 Å². The monoisotopic (exact) mass is 458 g/mol. The van der Waals surface area contributed by atoms with Gasteiger partial charge in [-0.15, -0.1) is 11.3 Å². The van der Waals surface area contributed by atoms with Crippen LogP contribution in [-0.4, -0.2) is 12.1 Å². The SMILES string of the molecule is COc1cccc2cc(-c3nc(-c4ccc(C)cc4)cs3)c(=Nc3ccccc3Cl)oc12. The van der Waals surface area contributed by atoms with Crippen LogP contribution in [0.25, 0.3) is 32.8 Å². The summed E-state index contributed by atoms with van der Waals surface area (Å²) >= 11 is 7.93. The Balaban J connectivity index is 1.73. The summed E-state index contributed by atoms with van der Waals surface area (Å²) in [6, 6.07) is 23.6. The second-order valence-corrected chi connectivity index (χ2v) is 8.58. The van der Waals surface area contributed by atoms with Gasteiger partial charge in [0.2, 0.25) is 5.55 Å². The molecule has 0 radical (unpaired) electrons. The molecule has 158 valence electrons. The first-order chi connectivity index (χ1) is 15.6. The topological polar surface area (TPSA) is 47.6 Å². The predicted octanol–water partition coefficient (Wildman–Crippen LogP) is 7.43. The van der Waals surface area contributed by atoms with E-state index < -0.39 is 0 Å². The summed E-state index contributed by atoms with van der Waals surface area (Å²) in [5.74, 6) is 0.643. The quantitative estimate of drug-likeness (QED) is 0.281. The van der Waals surface area contributed by atoms with Crippen LogP contribution in [0.1, 0.15) is 5.56 Å². The van der Waals surface area contributed by atoms with Crippen LogP contribution in [0.4, 0.5) is 5.69 Å². The highest BCUT2D eigenvalue weighted by Gasteiger charge is 2.14. The number of hydrogen-bond donors (Lipinski definition) is 0. The predicted molar refractivity (Wildman–Crippen MR) is 131 cm³/mol. The molecule has 0 aliphatic rings. The molecule has 2 aromatic heterocycles. The number of ether oxygens (including phenoxy) is 1. The van der Waals surface area contributed by atoms with Crippen LogP contribution < -0.4 is 10.3 Å². The molecule has 2 heterocycles. The third-order valence-electron chi connectivity index (χ3n) is 5.11. The van der Waals surface area contributed by atoms with Gasteiger partial charge in [0.1, 0.15) is 5.01 Å². The van der Waals surface area contributed by atoms with Crippen molar-refractivity contribution in [3.63, 3.8) is 0 Å². The summed E-state index contributed by atoms with van der Waals surface area (Å²) in [7, 11) is 1.62. The fourth-order valence-electron chi connectivity index (χ4n) is 3.43. The number of aryl methyl sites for hydroxylation is 1. The van der Waals surface area contributed by atoms with E-state index in [0.29, 0.717) is 27.6 Å². The number of nitrogens with zero attached hydrogens (tertiary/aromatic N) is 2. The Morgan fingerprint density at radius 1 is 1.00 bits per heavy atom. The van der Waals surface area contributed by atoms with Crippen LogP contribution in [0, 0.1) is 6.92 Å². The minimum absolute atomic E-state index is 0.430. The minimum Gasteiger partial charge on any atom is -0.493 e. The third kappa shape index (κ3) is 3.93. The van der Waals surface area contributed by atoms with E-state index in [0.717, 1.165) is 27.2 Å². The smallest absolute Gasteiger partial charge is 0.230 e. The maximum absolute atomic E-state index is 6.37. The first-order valence-corrected chi connectivity index (χ1v) is 11.3. The number of aromatic nitrogens is 1. The average molecular weight is 459 g/mol. The fourth-order valence-corrected chi connectivity index (χ4v) is 4.44. The molecule has 0 aliphatic heterocycles. The average Bonchev–Trinajstić information content (AvgIpc) is 3.30. The van der Waals surface area contributed by atoms with Crippen LogP contribution in [0.15, 0.2) is 87.6 Å². The van der Waals surface area contributed by atoms with Gasteiger partial charge in [0.05, 0.1) is 29.1 Å². The molecule has 32 heavy (non-hydrogen) atoms. The lowest BCUT2D eigenvalue weighted by atomic mass is 10.1. The van der Waals surface area contributed by atoms with Crippen molar-refractivity contribution in [3.05, 3.63) is 94.3 Å². The second-order valence-electron chi connectivity index (χ2n) is 7.31. The van der Waals surface area contributed by atoms with Gasteiger partial charge in [-0.25, -0.2) is 9.98 Å². The lowest BCUT2D eigenvalue weighted by Crippen LogP contribution is -2.06. The van der Waals surface area contributed by atoms with Gasteiger partial charge < -0.3 is 9.15 Å². The lowest BCUT2D eigenvalue weighted by molar-refractivity contribution is 0.406. The molecule has 0 N–H and O–H groups in total. The van der Waals surface area contributed by atoms with E-state index in [1.807, 2.05) is 42.5 Å². The van der Waals surface area contributed by atoms with Gasteiger partial charge in [-0.3, -0.25) is 0 Å². The molecular weight excluding hydrogens is 440 g/mol. The van der Waals surface area contributed by atoms with Gasteiger partial charge in [-0.2, -0.15) is 0 Å². The van der Waals surface area contributed by atoms with Crippen molar-refractivity contribution in [2.45, 2.75) is 6.92 Å². The summed E-state index contributed by atoms with van der Waals surface area (Å²) in [6.07, 6.45) is 0. The molecule has 4 nitrogen and oxygen atoms in total.